The molecular weight excluding hydrogens is 222 g/mol. The Kier molecular flexibility index (Phi) is 5.93. The Labute approximate surface area is 111 Å². The normalized spacial score (nSPS) is 14.0. The summed E-state index contributed by atoms with van der Waals surface area (Å²) >= 11 is 0. The van der Waals surface area contributed by atoms with E-state index in [0.29, 0.717) is 6.04 Å². The zero-order chi connectivity index (χ0) is 13.5. The molecule has 0 saturated carbocycles. The number of benzene rings is 1. The molecule has 0 radical (unpaired) electrons. The van der Waals surface area contributed by atoms with Crippen LogP contribution in [0.1, 0.15) is 44.4 Å². The van der Waals surface area contributed by atoms with Gasteiger partial charge < -0.3 is 10.1 Å². The van der Waals surface area contributed by atoms with Crippen molar-refractivity contribution in [2.45, 2.75) is 46.3 Å². The largest absolute Gasteiger partial charge is 0.486 e. The number of aryl methyl sites for hydroxylation is 1. The summed E-state index contributed by atoms with van der Waals surface area (Å²) in [5.74, 6) is 0.957. The van der Waals surface area contributed by atoms with Gasteiger partial charge in [0.15, 0.2) is 0 Å². The molecule has 0 fully saturated rings. The molecule has 0 aromatic heterocycles. The minimum atomic E-state index is 0.0314. The molecule has 0 saturated heterocycles. The van der Waals surface area contributed by atoms with Gasteiger partial charge in [-0.15, -0.1) is 0 Å². The van der Waals surface area contributed by atoms with Gasteiger partial charge in [0.25, 0.3) is 0 Å². The zero-order valence-corrected chi connectivity index (χ0v) is 12.0. The van der Waals surface area contributed by atoms with E-state index in [-0.39, 0.29) is 6.10 Å². The fraction of sp³-hybridized carbons (Fsp3) is 0.500. The highest BCUT2D eigenvalue weighted by Gasteiger charge is 2.12. The maximum Gasteiger partial charge on any atom is 0.125 e. The highest BCUT2D eigenvalue weighted by molar-refractivity contribution is 5.39. The van der Waals surface area contributed by atoms with Crippen molar-refractivity contribution in [2.75, 3.05) is 6.54 Å². The Morgan fingerprint density at radius 1 is 1.39 bits per heavy atom. The fourth-order valence-corrected chi connectivity index (χ4v) is 1.82. The molecule has 1 aromatic carbocycles. The lowest BCUT2D eigenvalue weighted by Gasteiger charge is -2.20. The van der Waals surface area contributed by atoms with Crippen LogP contribution < -0.4 is 10.1 Å². The number of hydrogen-bond donors (Lipinski definition) is 1. The topological polar surface area (TPSA) is 21.3 Å². The van der Waals surface area contributed by atoms with Gasteiger partial charge in [-0.3, -0.25) is 0 Å². The van der Waals surface area contributed by atoms with Gasteiger partial charge in [0.1, 0.15) is 11.9 Å². The van der Waals surface area contributed by atoms with Crippen LogP contribution in [0.25, 0.3) is 0 Å². The summed E-state index contributed by atoms with van der Waals surface area (Å²) in [6, 6.07) is 6.68. The van der Waals surface area contributed by atoms with Gasteiger partial charge in [-0.2, -0.15) is 0 Å². The summed E-state index contributed by atoms with van der Waals surface area (Å²) < 4.78 is 5.92. The summed E-state index contributed by atoms with van der Waals surface area (Å²) in [7, 11) is 0. The molecule has 0 aliphatic heterocycles. The predicted octanol–water partition coefficient (Wildman–Crippen LogP) is 4.01. The molecule has 0 amide bonds. The van der Waals surface area contributed by atoms with Crippen LogP contribution in [0.2, 0.25) is 0 Å². The molecule has 2 heteroatoms. The monoisotopic (exact) mass is 247 g/mol. The van der Waals surface area contributed by atoms with Crippen molar-refractivity contribution in [3.8, 4) is 5.75 Å². The van der Waals surface area contributed by atoms with E-state index in [1.165, 1.54) is 11.1 Å². The summed E-state index contributed by atoms with van der Waals surface area (Å²) in [4.78, 5) is 0. The van der Waals surface area contributed by atoms with E-state index in [1.807, 2.05) is 13.0 Å². The summed E-state index contributed by atoms with van der Waals surface area (Å²) in [5.41, 5.74) is 2.43. The summed E-state index contributed by atoms with van der Waals surface area (Å²) in [5, 5.41) is 3.49. The Morgan fingerprint density at radius 2 is 2.11 bits per heavy atom. The predicted molar refractivity (Wildman–Crippen MR) is 78.2 cm³/mol. The average Bonchev–Trinajstić information content (AvgIpc) is 2.36. The molecule has 2 atom stereocenters. The van der Waals surface area contributed by atoms with Crippen molar-refractivity contribution < 1.29 is 4.74 Å². The molecule has 1 rings (SSSR count). The quantitative estimate of drug-likeness (QED) is 0.735. The zero-order valence-electron chi connectivity index (χ0n) is 12.0. The molecule has 100 valence electrons. The van der Waals surface area contributed by atoms with E-state index in [4.69, 9.17) is 4.74 Å². The van der Waals surface area contributed by atoms with Crippen LogP contribution in [0.4, 0.5) is 0 Å². The smallest absolute Gasteiger partial charge is 0.125 e. The van der Waals surface area contributed by atoms with Crippen molar-refractivity contribution in [3.63, 3.8) is 0 Å². The molecule has 0 aliphatic carbocycles. The maximum atomic E-state index is 5.92. The van der Waals surface area contributed by atoms with Crippen LogP contribution in [0, 0.1) is 6.92 Å². The number of rotatable bonds is 7. The van der Waals surface area contributed by atoms with E-state index < -0.39 is 0 Å². The first-order chi connectivity index (χ1) is 8.58. The second-order valence-corrected chi connectivity index (χ2v) is 4.78. The van der Waals surface area contributed by atoms with Crippen molar-refractivity contribution in [1.82, 2.24) is 5.32 Å². The van der Waals surface area contributed by atoms with Crippen LogP contribution in [-0.4, -0.2) is 12.6 Å². The van der Waals surface area contributed by atoms with Crippen molar-refractivity contribution in [1.29, 1.82) is 0 Å². The molecule has 1 N–H and O–H groups in total. The van der Waals surface area contributed by atoms with Crippen molar-refractivity contribution in [3.05, 3.63) is 42.0 Å². The van der Waals surface area contributed by atoms with Gasteiger partial charge in [-0.25, -0.2) is 0 Å². The molecule has 2 nitrogen and oxygen atoms in total. The van der Waals surface area contributed by atoms with Crippen LogP contribution in [0.5, 0.6) is 5.75 Å². The molecule has 18 heavy (non-hydrogen) atoms. The van der Waals surface area contributed by atoms with E-state index in [9.17, 15) is 0 Å². The molecule has 0 spiro atoms. The minimum Gasteiger partial charge on any atom is -0.486 e. The Bertz CT molecular complexity index is 387. The van der Waals surface area contributed by atoms with Crippen LogP contribution >= 0.6 is 0 Å². The fourth-order valence-electron chi connectivity index (χ4n) is 1.82. The third-order valence-electron chi connectivity index (χ3n) is 2.98. The van der Waals surface area contributed by atoms with Crippen LogP contribution in [0.3, 0.4) is 0 Å². The number of ether oxygens (including phenoxy) is 1. The molecule has 0 bridgehead atoms. The molecule has 1 aromatic rings. The third-order valence-corrected chi connectivity index (χ3v) is 2.98. The molecule has 0 heterocycles. The first kappa shape index (κ1) is 14.8. The second kappa shape index (κ2) is 7.22. The van der Waals surface area contributed by atoms with Crippen LogP contribution in [0.15, 0.2) is 30.9 Å². The average molecular weight is 247 g/mol. The van der Waals surface area contributed by atoms with E-state index in [2.05, 4.69) is 50.9 Å². The van der Waals surface area contributed by atoms with Gasteiger partial charge in [0, 0.05) is 11.6 Å². The third kappa shape index (κ3) is 4.19. The lowest BCUT2D eigenvalue weighted by Crippen LogP contribution is -2.21. The Hall–Kier alpha value is -1.28. The SMILES string of the molecule is C=CC(C)Oc1cc(C)ccc1C(C)NCCC. The van der Waals surface area contributed by atoms with Gasteiger partial charge in [-0.05, 0) is 45.4 Å². The Balaban J connectivity index is 2.91. The lowest BCUT2D eigenvalue weighted by molar-refractivity contribution is 0.265. The van der Waals surface area contributed by atoms with Gasteiger partial charge >= 0.3 is 0 Å². The molecular formula is C16H25NO. The van der Waals surface area contributed by atoms with Crippen molar-refractivity contribution in [2.24, 2.45) is 0 Å². The summed E-state index contributed by atoms with van der Waals surface area (Å²) in [6.45, 7) is 13.2. The maximum absolute atomic E-state index is 5.92. The van der Waals surface area contributed by atoms with Crippen LogP contribution in [-0.2, 0) is 0 Å². The molecule has 0 aliphatic rings. The van der Waals surface area contributed by atoms with E-state index in [1.54, 1.807) is 0 Å². The highest BCUT2D eigenvalue weighted by atomic mass is 16.5. The number of hydrogen-bond acceptors (Lipinski definition) is 2. The standard InChI is InChI=1S/C16H25NO/c1-6-10-17-14(5)15-9-8-12(3)11-16(15)18-13(4)7-2/h7-9,11,13-14,17H,2,6,10H2,1,3-5H3. The second-order valence-electron chi connectivity index (χ2n) is 4.78. The van der Waals surface area contributed by atoms with Crippen molar-refractivity contribution >= 4 is 0 Å². The number of nitrogens with one attached hydrogen (secondary N) is 1. The first-order valence-electron chi connectivity index (χ1n) is 6.71. The van der Waals surface area contributed by atoms with Gasteiger partial charge in [-0.1, -0.05) is 31.7 Å². The minimum absolute atomic E-state index is 0.0314. The molecule has 2 unspecified atom stereocenters. The summed E-state index contributed by atoms with van der Waals surface area (Å²) in [6.07, 6.45) is 2.98. The highest BCUT2D eigenvalue weighted by Crippen LogP contribution is 2.27. The van der Waals surface area contributed by atoms with E-state index in [0.717, 1.165) is 18.7 Å². The first-order valence-corrected chi connectivity index (χ1v) is 6.71. The van der Waals surface area contributed by atoms with Gasteiger partial charge in [0.2, 0.25) is 0 Å². The van der Waals surface area contributed by atoms with Gasteiger partial charge in [0.05, 0.1) is 0 Å². The van der Waals surface area contributed by atoms with E-state index >= 15 is 0 Å². The Morgan fingerprint density at radius 3 is 2.72 bits per heavy atom. The lowest BCUT2D eigenvalue weighted by atomic mass is 10.0.